The van der Waals surface area contributed by atoms with Gasteiger partial charge in [0, 0.05) is 24.4 Å². The first-order chi connectivity index (χ1) is 10.1. The van der Waals surface area contributed by atoms with Gasteiger partial charge >= 0.3 is 6.09 Å². The third-order valence-corrected chi connectivity index (χ3v) is 3.23. The van der Waals surface area contributed by atoms with Gasteiger partial charge in [-0.15, -0.1) is 0 Å². The van der Waals surface area contributed by atoms with Gasteiger partial charge in [0.2, 0.25) is 5.91 Å². The Morgan fingerprint density at radius 2 is 1.82 bits per heavy atom. The average molecular weight is 315 g/mol. The van der Waals surface area contributed by atoms with E-state index >= 15 is 0 Å². The Morgan fingerprint density at radius 3 is 2.41 bits per heavy atom. The molecule has 2 amide bonds. The molecular weight excluding hydrogens is 299 g/mol. The highest BCUT2D eigenvalue weighted by molar-refractivity contribution is 5.94. The second-order valence-electron chi connectivity index (χ2n) is 6.14. The van der Waals surface area contributed by atoms with Gasteiger partial charge in [-0.2, -0.15) is 0 Å². The van der Waals surface area contributed by atoms with E-state index < -0.39 is 46.5 Å². The summed E-state index contributed by atoms with van der Waals surface area (Å²) >= 11 is 0. The first-order valence-corrected chi connectivity index (χ1v) is 6.77. The summed E-state index contributed by atoms with van der Waals surface area (Å²) < 4.78 is 45.9. The molecule has 1 saturated heterocycles. The molecule has 1 aliphatic heterocycles. The monoisotopic (exact) mass is 315 g/mol. The molecule has 1 aliphatic rings. The van der Waals surface area contributed by atoms with Crippen molar-refractivity contribution in [3.8, 4) is 0 Å². The highest BCUT2D eigenvalue weighted by Crippen LogP contribution is 2.33. The molecule has 0 aliphatic carbocycles. The van der Waals surface area contributed by atoms with E-state index in [1.807, 2.05) is 0 Å². The van der Waals surface area contributed by atoms with E-state index in [2.05, 4.69) is 0 Å². The minimum absolute atomic E-state index is 0.245. The molecule has 1 aromatic rings. The predicted molar refractivity (Wildman–Crippen MR) is 71.6 cm³/mol. The number of carbonyl (C=O) groups is 2. The summed E-state index contributed by atoms with van der Waals surface area (Å²) in [6, 6.07) is 1.48. The number of benzene rings is 1. The maximum absolute atomic E-state index is 13.8. The minimum Gasteiger partial charge on any atom is -0.443 e. The van der Waals surface area contributed by atoms with Crippen LogP contribution < -0.4 is 0 Å². The quantitative estimate of drug-likeness (QED) is 0.747. The van der Waals surface area contributed by atoms with E-state index in [-0.39, 0.29) is 13.0 Å². The van der Waals surface area contributed by atoms with E-state index in [1.165, 1.54) is 0 Å². The maximum atomic E-state index is 13.8. The number of amides is 2. The van der Waals surface area contributed by atoms with Crippen LogP contribution in [0.25, 0.3) is 0 Å². The summed E-state index contributed by atoms with van der Waals surface area (Å²) in [5, 5.41) is 0. The molecule has 1 unspecified atom stereocenters. The topological polar surface area (TPSA) is 46.6 Å². The molecule has 7 heteroatoms. The van der Waals surface area contributed by atoms with Gasteiger partial charge < -0.3 is 4.74 Å². The molecule has 4 nitrogen and oxygen atoms in total. The van der Waals surface area contributed by atoms with Crippen molar-refractivity contribution in [1.29, 1.82) is 0 Å². The zero-order valence-corrected chi connectivity index (χ0v) is 12.5. The lowest BCUT2D eigenvalue weighted by molar-refractivity contribution is -0.126. The summed E-state index contributed by atoms with van der Waals surface area (Å²) in [5.41, 5.74) is -1.32. The second-order valence-corrected chi connectivity index (χ2v) is 6.14. The Labute approximate surface area is 125 Å². The lowest BCUT2D eigenvalue weighted by Crippen LogP contribution is -2.37. The van der Waals surface area contributed by atoms with Gasteiger partial charge in [-0.05, 0) is 32.9 Å². The summed E-state index contributed by atoms with van der Waals surface area (Å²) in [7, 11) is 0. The van der Waals surface area contributed by atoms with Gasteiger partial charge in [-0.3, -0.25) is 4.79 Å². The van der Waals surface area contributed by atoms with Gasteiger partial charge in [0.05, 0.1) is 0 Å². The maximum Gasteiger partial charge on any atom is 0.417 e. The normalized spacial score (nSPS) is 18.7. The molecular formula is C15H16F3NO3. The van der Waals surface area contributed by atoms with Crippen LogP contribution in [0.2, 0.25) is 0 Å². The van der Waals surface area contributed by atoms with Crippen LogP contribution in [0.3, 0.4) is 0 Å². The van der Waals surface area contributed by atoms with Crippen molar-refractivity contribution in [2.24, 2.45) is 0 Å². The van der Waals surface area contributed by atoms with Crippen molar-refractivity contribution < 1.29 is 27.5 Å². The lowest BCUT2D eigenvalue weighted by Gasteiger charge is -2.23. The fraction of sp³-hybridized carbons (Fsp3) is 0.467. The minimum atomic E-state index is -1.33. The standard InChI is InChI=1S/C15H16F3NO3/c1-15(2,3)22-14(21)19-7-8(6-11(19)20)12-9(16)4-5-10(17)13(12)18/h4-5,8H,6-7H2,1-3H3. The van der Waals surface area contributed by atoms with Crippen molar-refractivity contribution in [2.75, 3.05) is 6.54 Å². The molecule has 1 heterocycles. The van der Waals surface area contributed by atoms with Crippen molar-refractivity contribution in [3.63, 3.8) is 0 Å². The van der Waals surface area contributed by atoms with Crippen LogP contribution in [0.1, 0.15) is 38.7 Å². The summed E-state index contributed by atoms with van der Waals surface area (Å²) in [6.07, 6.45) is -1.16. The molecule has 1 fully saturated rings. The molecule has 0 radical (unpaired) electrons. The largest absolute Gasteiger partial charge is 0.443 e. The van der Waals surface area contributed by atoms with Crippen molar-refractivity contribution in [2.45, 2.75) is 38.7 Å². The Hall–Kier alpha value is -2.05. The number of ether oxygens (including phenoxy) is 1. The van der Waals surface area contributed by atoms with E-state index in [9.17, 15) is 22.8 Å². The average Bonchev–Trinajstić information content (AvgIpc) is 2.74. The van der Waals surface area contributed by atoms with Crippen LogP contribution in [0, 0.1) is 17.5 Å². The lowest BCUT2D eigenvalue weighted by atomic mass is 9.97. The number of nitrogens with zero attached hydrogens (tertiary/aromatic N) is 1. The van der Waals surface area contributed by atoms with Gasteiger partial charge in [0.1, 0.15) is 11.4 Å². The van der Waals surface area contributed by atoms with Gasteiger partial charge in [0.25, 0.3) is 0 Å². The Bertz CT molecular complexity index is 625. The Morgan fingerprint density at radius 1 is 1.23 bits per heavy atom. The van der Waals surface area contributed by atoms with E-state index in [0.29, 0.717) is 6.07 Å². The Kier molecular flexibility index (Phi) is 4.17. The van der Waals surface area contributed by atoms with Crippen LogP contribution in [-0.2, 0) is 9.53 Å². The molecule has 1 aromatic carbocycles. The number of hydrogen-bond donors (Lipinski definition) is 0. The fourth-order valence-electron chi connectivity index (χ4n) is 2.31. The van der Waals surface area contributed by atoms with Crippen LogP contribution in [-0.4, -0.2) is 29.0 Å². The summed E-state index contributed by atoms with van der Waals surface area (Å²) in [6.45, 7) is 4.66. The van der Waals surface area contributed by atoms with Crippen molar-refractivity contribution in [3.05, 3.63) is 35.1 Å². The van der Waals surface area contributed by atoms with Crippen molar-refractivity contribution >= 4 is 12.0 Å². The van der Waals surface area contributed by atoms with Gasteiger partial charge in [-0.1, -0.05) is 0 Å². The van der Waals surface area contributed by atoms with Crippen LogP contribution in [0.4, 0.5) is 18.0 Å². The van der Waals surface area contributed by atoms with Crippen LogP contribution >= 0.6 is 0 Å². The molecule has 0 N–H and O–H groups in total. The zero-order valence-electron chi connectivity index (χ0n) is 12.5. The van der Waals surface area contributed by atoms with E-state index in [1.54, 1.807) is 20.8 Å². The first-order valence-electron chi connectivity index (χ1n) is 6.77. The number of rotatable bonds is 1. The third-order valence-electron chi connectivity index (χ3n) is 3.23. The number of imide groups is 1. The van der Waals surface area contributed by atoms with Crippen LogP contribution in [0.5, 0.6) is 0 Å². The summed E-state index contributed by atoms with van der Waals surface area (Å²) in [5.74, 6) is -5.01. The molecule has 2 rings (SSSR count). The first kappa shape index (κ1) is 16.3. The summed E-state index contributed by atoms with van der Waals surface area (Å²) in [4.78, 5) is 24.6. The SMILES string of the molecule is CC(C)(C)OC(=O)N1CC(c2c(F)ccc(F)c2F)CC1=O. The van der Waals surface area contributed by atoms with Crippen molar-refractivity contribution in [1.82, 2.24) is 4.90 Å². The molecule has 1 atom stereocenters. The fourth-order valence-corrected chi connectivity index (χ4v) is 2.31. The Balaban J connectivity index is 2.23. The van der Waals surface area contributed by atoms with Crippen LogP contribution in [0.15, 0.2) is 12.1 Å². The number of halogens is 3. The molecule has 120 valence electrons. The highest BCUT2D eigenvalue weighted by atomic mass is 19.2. The molecule has 0 spiro atoms. The highest BCUT2D eigenvalue weighted by Gasteiger charge is 2.39. The van der Waals surface area contributed by atoms with Gasteiger partial charge in [-0.25, -0.2) is 22.9 Å². The van der Waals surface area contributed by atoms with E-state index in [0.717, 1.165) is 11.0 Å². The molecule has 0 aromatic heterocycles. The molecule has 0 bridgehead atoms. The zero-order chi connectivity index (χ0) is 16.7. The molecule has 0 saturated carbocycles. The van der Waals surface area contributed by atoms with E-state index in [4.69, 9.17) is 4.74 Å². The predicted octanol–water partition coefficient (Wildman–Crippen LogP) is 3.35. The number of carbonyl (C=O) groups excluding carboxylic acids is 2. The molecule has 22 heavy (non-hydrogen) atoms. The third kappa shape index (κ3) is 3.23. The number of likely N-dealkylation sites (tertiary alicyclic amines) is 1. The second kappa shape index (κ2) is 5.62. The van der Waals surface area contributed by atoms with Gasteiger partial charge in [0.15, 0.2) is 11.6 Å². The smallest absolute Gasteiger partial charge is 0.417 e. The number of hydrogen-bond acceptors (Lipinski definition) is 3.